The zero-order valence-electron chi connectivity index (χ0n) is 16.6. The predicted octanol–water partition coefficient (Wildman–Crippen LogP) is 4.67. The Morgan fingerprint density at radius 2 is 1.79 bits per heavy atom. The Hall–Kier alpha value is -2.99. The summed E-state index contributed by atoms with van der Waals surface area (Å²) < 4.78 is 3.51. The number of thiophene rings is 1. The summed E-state index contributed by atoms with van der Waals surface area (Å²) in [6, 6.07) is 10.5. The topological polar surface area (TPSA) is 52.2 Å². The van der Waals surface area contributed by atoms with Crippen LogP contribution in [0.15, 0.2) is 46.6 Å². The third kappa shape index (κ3) is 2.99. The summed E-state index contributed by atoms with van der Waals surface area (Å²) in [4.78, 5) is 19.1. The van der Waals surface area contributed by atoms with E-state index in [1.54, 1.807) is 17.6 Å². The summed E-state index contributed by atoms with van der Waals surface area (Å²) in [6.45, 7) is 10.2. The van der Waals surface area contributed by atoms with Crippen LogP contribution < -0.4 is 5.56 Å². The van der Waals surface area contributed by atoms with Gasteiger partial charge in [-0.05, 0) is 58.4 Å². The molecule has 0 unspecified atom stereocenters. The van der Waals surface area contributed by atoms with E-state index in [2.05, 4.69) is 65.8 Å². The highest BCUT2D eigenvalue weighted by Gasteiger charge is 2.12. The van der Waals surface area contributed by atoms with Crippen molar-refractivity contribution in [1.82, 2.24) is 14.2 Å². The molecule has 1 aromatic carbocycles. The molecule has 0 fully saturated rings. The van der Waals surface area contributed by atoms with Crippen molar-refractivity contribution in [2.45, 2.75) is 34.6 Å². The van der Waals surface area contributed by atoms with Crippen LogP contribution in [0.25, 0.3) is 15.9 Å². The fourth-order valence-corrected chi connectivity index (χ4v) is 4.43. The van der Waals surface area contributed by atoms with Crippen molar-refractivity contribution >= 4 is 27.8 Å². The van der Waals surface area contributed by atoms with E-state index in [-0.39, 0.29) is 5.56 Å². The number of benzene rings is 1. The van der Waals surface area contributed by atoms with Crippen LogP contribution >= 0.6 is 11.3 Å². The highest BCUT2D eigenvalue weighted by atomic mass is 32.1. The Morgan fingerprint density at radius 3 is 2.50 bits per heavy atom. The molecule has 28 heavy (non-hydrogen) atoms. The maximum Gasteiger partial charge on any atom is 0.282 e. The molecule has 142 valence electrons. The van der Waals surface area contributed by atoms with E-state index in [9.17, 15) is 4.79 Å². The third-order valence-electron chi connectivity index (χ3n) is 5.16. The van der Waals surface area contributed by atoms with Gasteiger partial charge in [0.05, 0.1) is 11.6 Å². The normalized spacial score (nSPS) is 11.8. The van der Waals surface area contributed by atoms with Crippen LogP contribution in [0.2, 0.25) is 0 Å². The van der Waals surface area contributed by atoms with Crippen LogP contribution in [0.1, 0.15) is 33.0 Å². The van der Waals surface area contributed by atoms with Crippen LogP contribution in [-0.2, 0) is 0 Å². The summed E-state index contributed by atoms with van der Waals surface area (Å²) >= 11 is 1.54. The molecule has 4 rings (SSSR count). The lowest BCUT2D eigenvalue weighted by atomic mass is 10.2. The molecular formula is C22H22N4OS. The lowest BCUT2D eigenvalue weighted by Crippen LogP contribution is -2.17. The smallest absolute Gasteiger partial charge is 0.282 e. The minimum atomic E-state index is -0.129. The molecule has 0 saturated carbocycles. The van der Waals surface area contributed by atoms with Crippen molar-refractivity contribution in [3.05, 3.63) is 80.0 Å². The number of aromatic nitrogens is 3. The SMILES string of the molecule is Cc1ccc(-n2c(C)cc(/C=N/n3cnc4sc(C)c(C)c4c3=O)c2C)cc1. The number of hydrogen-bond donors (Lipinski definition) is 0. The summed E-state index contributed by atoms with van der Waals surface area (Å²) in [7, 11) is 0. The Labute approximate surface area is 167 Å². The Kier molecular flexibility index (Phi) is 4.51. The van der Waals surface area contributed by atoms with Crippen molar-refractivity contribution in [1.29, 1.82) is 0 Å². The number of rotatable bonds is 3. The van der Waals surface area contributed by atoms with Gasteiger partial charge < -0.3 is 4.57 Å². The second kappa shape index (κ2) is 6.87. The lowest BCUT2D eigenvalue weighted by molar-refractivity contribution is 0.817. The van der Waals surface area contributed by atoms with E-state index in [1.165, 1.54) is 16.6 Å². The molecule has 3 aromatic heterocycles. The molecule has 0 N–H and O–H groups in total. The van der Waals surface area contributed by atoms with E-state index < -0.39 is 0 Å². The highest BCUT2D eigenvalue weighted by molar-refractivity contribution is 7.18. The molecule has 0 aliphatic heterocycles. The van der Waals surface area contributed by atoms with Gasteiger partial charge in [0.15, 0.2) is 0 Å². The van der Waals surface area contributed by atoms with E-state index in [0.29, 0.717) is 5.39 Å². The molecule has 0 aliphatic carbocycles. The van der Waals surface area contributed by atoms with Gasteiger partial charge in [0.1, 0.15) is 11.2 Å². The quantitative estimate of drug-likeness (QED) is 0.477. The molecule has 4 aromatic rings. The summed E-state index contributed by atoms with van der Waals surface area (Å²) in [5.74, 6) is 0. The maximum absolute atomic E-state index is 12.8. The molecule has 0 atom stereocenters. The largest absolute Gasteiger partial charge is 0.318 e. The zero-order chi connectivity index (χ0) is 20.0. The molecule has 3 heterocycles. The molecule has 0 bridgehead atoms. The first-order valence-corrected chi connectivity index (χ1v) is 9.96. The van der Waals surface area contributed by atoms with Gasteiger partial charge in [-0.2, -0.15) is 9.78 Å². The molecule has 6 heteroatoms. The average molecular weight is 391 g/mol. The van der Waals surface area contributed by atoms with E-state index in [4.69, 9.17) is 0 Å². The minimum Gasteiger partial charge on any atom is -0.318 e. The van der Waals surface area contributed by atoms with Crippen molar-refractivity contribution in [2.75, 3.05) is 0 Å². The number of nitrogens with zero attached hydrogens (tertiary/aromatic N) is 4. The Morgan fingerprint density at radius 1 is 1.07 bits per heavy atom. The summed E-state index contributed by atoms with van der Waals surface area (Å²) in [5.41, 5.74) is 6.38. The van der Waals surface area contributed by atoms with Gasteiger partial charge in [0.2, 0.25) is 0 Å². The van der Waals surface area contributed by atoms with Gasteiger partial charge in [-0.3, -0.25) is 4.79 Å². The van der Waals surface area contributed by atoms with Gasteiger partial charge >= 0.3 is 0 Å². The van der Waals surface area contributed by atoms with Crippen LogP contribution in [0.4, 0.5) is 0 Å². The van der Waals surface area contributed by atoms with Gasteiger partial charge in [-0.15, -0.1) is 11.3 Å². The average Bonchev–Trinajstić information content (AvgIpc) is 3.11. The second-order valence-corrected chi connectivity index (χ2v) is 8.30. The monoisotopic (exact) mass is 390 g/mol. The molecule has 0 radical (unpaired) electrons. The summed E-state index contributed by atoms with van der Waals surface area (Å²) in [5, 5.41) is 5.07. The third-order valence-corrected chi connectivity index (χ3v) is 6.27. The van der Waals surface area contributed by atoms with Gasteiger partial charge in [0.25, 0.3) is 5.56 Å². The molecule has 0 saturated heterocycles. The van der Waals surface area contributed by atoms with Gasteiger partial charge in [0, 0.05) is 27.5 Å². The fraction of sp³-hybridized carbons (Fsp3) is 0.227. The van der Waals surface area contributed by atoms with Crippen molar-refractivity contribution < 1.29 is 0 Å². The number of fused-ring (bicyclic) bond motifs is 1. The maximum atomic E-state index is 12.8. The van der Waals surface area contributed by atoms with Crippen LogP contribution in [0.3, 0.4) is 0 Å². The second-order valence-electron chi connectivity index (χ2n) is 7.10. The molecule has 0 spiro atoms. The van der Waals surface area contributed by atoms with Crippen LogP contribution in [-0.4, -0.2) is 20.4 Å². The first kappa shape index (κ1) is 18.4. The first-order valence-electron chi connectivity index (χ1n) is 9.14. The van der Waals surface area contributed by atoms with E-state index in [0.717, 1.165) is 37.9 Å². The number of hydrogen-bond acceptors (Lipinski definition) is 4. The fourth-order valence-electron chi connectivity index (χ4n) is 3.44. The van der Waals surface area contributed by atoms with Crippen molar-refractivity contribution in [3.8, 4) is 5.69 Å². The van der Waals surface area contributed by atoms with E-state index in [1.807, 2.05) is 13.8 Å². The first-order chi connectivity index (χ1) is 13.4. The van der Waals surface area contributed by atoms with Crippen molar-refractivity contribution in [3.63, 3.8) is 0 Å². The Bertz CT molecular complexity index is 1270. The van der Waals surface area contributed by atoms with Gasteiger partial charge in [-0.25, -0.2) is 4.98 Å². The van der Waals surface area contributed by atoms with Gasteiger partial charge in [-0.1, -0.05) is 17.7 Å². The highest BCUT2D eigenvalue weighted by Crippen LogP contribution is 2.25. The van der Waals surface area contributed by atoms with Crippen LogP contribution in [0.5, 0.6) is 0 Å². The van der Waals surface area contributed by atoms with E-state index >= 15 is 0 Å². The van der Waals surface area contributed by atoms with Crippen molar-refractivity contribution in [2.24, 2.45) is 5.10 Å². The molecular weight excluding hydrogens is 368 g/mol. The number of aryl methyl sites for hydroxylation is 4. The predicted molar refractivity (Wildman–Crippen MR) is 116 cm³/mol. The standard InChI is InChI=1S/C22H22N4OS/c1-13-6-8-19(9-7-13)26-14(2)10-18(16(26)4)11-24-25-12-23-21-20(22(25)27)15(3)17(5)28-21/h6-12H,1-5H3/b24-11+. The lowest BCUT2D eigenvalue weighted by Gasteiger charge is -2.09. The molecule has 0 amide bonds. The Balaban J connectivity index is 1.75. The molecule has 5 nitrogen and oxygen atoms in total. The van der Waals surface area contributed by atoms with Crippen LogP contribution in [0, 0.1) is 34.6 Å². The zero-order valence-corrected chi connectivity index (χ0v) is 17.5. The minimum absolute atomic E-state index is 0.129. The molecule has 0 aliphatic rings. The summed E-state index contributed by atoms with van der Waals surface area (Å²) in [6.07, 6.45) is 3.23.